The Balaban J connectivity index is 2.30. The van der Waals surface area contributed by atoms with Gasteiger partial charge in [0.2, 0.25) is 0 Å². The number of anilines is 1. The van der Waals surface area contributed by atoms with Gasteiger partial charge >= 0.3 is 7.12 Å². The predicted molar refractivity (Wildman–Crippen MR) is 80.6 cm³/mol. The third kappa shape index (κ3) is 3.74. The molecule has 3 N–H and O–H groups in total. The average molecular weight is 328 g/mol. The normalized spacial score (nSPS) is 10.3. The molecule has 0 heterocycles. The summed E-state index contributed by atoms with van der Waals surface area (Å²) in [4.78, 5) is 12.0. The fourth-order valence-electron chi connectivity index (χ4n) is 1.75. The third-order valence-electron chi connectivity index (χ3n) is 2.67. The van der Waals surface area contributed by atoms with Crippen LogP contribution in [0, 0.1) is 5.82 Å². The molecule has 0 saturated carbocycles. The molecule has 0 aliphatic rings. The van der Waals surface area contributed by atoms with Crippen molar-refractivity contribution in [2.24, 2.45) is 0 Å². The summed E-state index contributed by atoms with van der Waals surface area (Å²) in [5, 5.41) is 21.1. The quantitative estimate of drug-likeness (QED) is 0.756. The Morgan fingerprint density at radius 2 is 1.76 bits per heavy atom. The summed E-state index contributed by atoms with van der Waals surface area (Å²) >= 11 is 11.6. The van der Waals surface area contributed by atoms with Crippen molar-refractivity contribution in [3.63, 3.8) is 0 Å². The molecule has 108 valence electrons. The number of hydrogen-bond donors (Lipinski definition) is 3. The fourth-order valence-corrected chi connectivity index (χ4v) is 2.28. The van der Waals surface area contributed by atoms with Gasteiger partial charge in [0.1, 0.15) is 5.82 Å². The zero-order valence-electron chi connectivity index (χ0n) is 10.5. The summed E-state index contributed by atoms with van der Waals surface area (Å²) in [5.74, 6) is -1.76. The highest BCUT2D eigenvalue weighted by molar-refractivity contribution is 6.58. The molecule has 0 aliphatic heterocycles. The lowest BCUT2D eigenvalue weighted by Crippen LogP contribution is -2.34. The van der Waals surface area contributed by atoms with E-state index in [2.05, 4.69) is 5.32 Å². The molecule has 0 atom stereocenters. The van der Waals surface area contributed by atoms with Crippen molar-refractivity contribution < 1.29 is 19.2 Å². The van der Waals surface area contributed by atoms with Crippen LogP contribution >= 0.6 is 23.2 Å². The van der Waals surface area contributed by atoms with Crippen molar-refractivity contribution in [3.05, 3.63) is 57.8 Å². The summed E-state index contributed by atoms with van der Waals surface area (Å²) in [6, 6.07) is 8.14. The number of hydrogen-bond acceptors (Lipinski definition) is 3. The van der Waals surface area contributed by atoms with E-state index in [1.165, 1.54) is 36.4 Å². The summed E-state index contributed by atoms with van der Waals surface area (Å²) in [5.41, 5.74) is -0.407. The van der Waals surface area contributed by atoms with E-state index in [0.717, 1.165) is 0 Å². The van der Waals surface area contributed by atoms with Crippen LogP contribution in [0.25, 0.3) is 0 Å². The van der Waals surface area contributed by atoms with E-state index in [9.17, 15) is 9.18 Å². The molecule has 0 bridgehead atoms. The van der Waals surface area contributed by atoms with E-state index < -0.39 is 18.8 Å². The van der Waals surface area contributed by atoms with E-state index in [4.69, 9.17) is 33.2 Å². The Labute approximate surface area is 130 Å². The number of carbonyl (C=O) groups excluding carboxylic acids is 1. The van der Waals surface area contributed by atoms with Gasteiger partial charge in [0.25, 0.3) is 5.91 Å². The van der Waals surface area contributed by atoms with E-state index >= 15 is 0 Å². The van der Waals surface area contributed by atoms with Crippen LogP contribution in [0.15, 0.2) is 36.4 Å². The molecular formula is C13H9BCl2FNO3. The standard InChI is InChI=1S/C13H9BCl2FNO3/c15-7-4-8(16)6-9(5-7)18-13(19)10-2-1-3-11(12(10)17)14(20)21/h1-6,20-21H,(H,18,19). The van der Waals surface area contributed by atoms with Gasteiger partial charge in [0.05, 0.1) is 5.56 Å². The van der Waals surface area contributed by atoms with Crippen molar-refractivity contribution in [2.75, 3.05) is 5.32 Å². The zero-order valence-corrected chi connectivity index (χ0v) is 12.0. The lowest BCUT2D eigenvalue weighted by atomic mass is 9.79. The first-order valence-electron chi connectivity index (χ1n) is 5.80. The minimum atomic E-state index is -2.00. The van der Waals surface area contributed by atoms with Crippen LogP contribution in [0.5, 0.6) is 0 Å². The van der Waals surface area contributed by atoms with Crippen LogP contribution < -0.4 is 10.8 Å². The van der Waals surface area contributed by atoms with Crippen LogP contribution in [-0.2, 0) is 0 Å². The van der Waals surface area contributed by atoms with Crippen LogP contribution in [-0.4, -0.2) is 23.1 Å². The number of benzene rings is 2. The van der Waals surface area contributed by atoms with E-state index in [0.29, 0.717) is 15.7 Å². The van der Waals surface area contributed by atoms with E-state index in [1.807, 2.05) is 0 Å². The summed E-state index contributed by atoms with van der Waals surface area (Å²) in [7, 11) is -2.00. The molecule has 8 heteroatoms. The summed E-state index contributed by atoms with van der Waals surface area (Å²) in [6.07, 6.45) is 0. The number of amides is 1. The van der Waals surface area contributed by atoms with Crippen molar-refractivity contribution >= 4 is 47.4 Å². The maximum Gasteiger partial charge on any atom is 0.491 e. The second-order valence-electron chi connectivity index (χ2n) is 4.19. The van der Waals surface area contributed by atoms with Gasteiger partial charge in [-0.15, -0.1) is 0 Å². The van der Waals surface area contributed by atoms with Gasteiger partial charge < -0.3 is 15.4 Å². The van der Waals surface area contributed by atoms with Crippen molar-refractivity contribution in [3.8, 4) is 0 Å². The predicted octanol–water partition coefficient (Wildman–Crippen LogP) is 2.06. The molecule has 0 radical (unpaired) electrons. The first kappa shape index (κ1) is 15.8. The second kappa shape index (κ2) is 6.45. The molecule has 2 aromatic carbocycles. The van der Waals surface area contributed by atoms with Gasteiger partial charge in [0, 0.05) is 21.2 Å². The lowest BCUT2D eigenvalue weighted by Gasteiger charge is -2.09. The smallest absolute Gasteiger partial charge is 0.423 e. The van der Waals surface area contributed by atoms with Crippen molar-refractivity contribution in [2.45, 2.75) is 0 Å². The first-order chi connectivity index (χ1) is 9.88. The van der Waals surface area contributed by atoms with Gasteiger partial charge in [-0.05, 0) is 24.3 Å². The number of nitrogens with one attached hydrogen (secondary N) is 1. The van der Waals surface area contributed by atoms with Crippen LogP contribution in [0.2, 0.25) is 10.0 Å². The van der Waals surface area contributed by atoms with Crippen LogP contribution in [0.1, 0.15) is 10.4 Å². The summed E-state index contributed by atoms with van der Waals surface area (Å²) < 4.78 is 14.0. The second-order valence-corrected chi connectivity index (χ2v) is 5.07. The average Bonchev–Trinajstić information content (AvgIpc) is 2.37. The minimum absolute atomic E-state index is 0.298. The summed E-state index contributed by atoms with van der Waals surface area (Å²) in [6.45, 7) is 0. The van der Waals surface area contributed by atoms with E-state index in [1.54, 1.807) is 0 Å². The Morgan fingerprint density at radius 1 is 1.14 bits per heavy atom. The van der Waals surface area contributed by atoms with Crippen LogP contribution in [0.3, 0.4) is 0 Å². The van der Waals surface area contributed by atoms with Gasteiger partial charge in [-0.25, -0.2) is 4.39 Å². The molecule has 21 heavy (non-hydrogen) atoms. The number of halogens is 3. The lowest BCUT2D eigenvalue weighted by molar-refractivity contribution is 0.102. The van der Waals surface area contributed by atoms with Gasteiger partial charge in [-0.1, -0.05) is 35.3 Å². The zero-order chi connectivity index (χ0) is 15.6. The number of carbonyl (C=O) groups is 1. The molecule has 2 aromatic rings. The Hall–Kier alpha value is -1.60. The van der Waals surface area contributed by atoms with Crippen molar-refractivity contribution in [1.82, 2.24) is 0 Å². The Bertz CT molecular complexity index is 677. The molecule has 0 aliphatic carbocycles. The molecule has 0 saturated heterocycles. The first-order valence-corrected chi connectivity index (χ1v) is 6.56. The molecule has 0 fully saturated rings. The number of rotatable bonds is 3. The molecule has 0 spiro atoms. The highest BCUT2D eigenvalue weighted by Gasteiger charge is 2.22. The maximum absolute atomic E-state index is 14.0. The van der Waals surface area contributed by atoms with Gasteiger partial charge in [0.15, 0.2) is 0 Å². The Morgan fingerprint density at radius 3 is 2.33 bits per heavy atom. The van der Waals surface area contributed by atoms with Gasteiger partial charge in [-0.3, -0.25) is 4.79 Å². The highest BCUT2D eigenvalue weighted by atomic mass is 35.5. The largest absolute Gasteiger partial charge is 0.491 e. The Kier molecular flexibility index (Phi) is 4.85. The minimum Gasteiger partial charge on any atom is -0.423 e. The topological polar surface area (TPSA) is 69.6 Å². The third-order valence-corrected chi connectivity index (χ3v) is 3.11. The van der Waals surface area contributed by atoms with Crippen molar-refractivity contribution in [1.29, 1.82) is 0 Å². The van der Waals surface area contributed by atoms with Crippen LogP contribution in [0.4, 0.5) is 10.1 Å². The molecule has 0 unspecified atom stereocenters. The fraction of sp³-hybridized carbons (Fsp3) is 0. The monoisotopic (exact) mass is 327 g/mol. The SMILES string of the molecule is O=C(Nc1cc(Cl)cc(Cl)c1)c1cccc(B(O)O)c1F. The molecule has 0 aromatic heterocycles. The van der Waals surface area contributed by atoms with E-state index in [-0.39, 0.29) is 11.0 Å². The molecular weight excluding hydrogens is 319 g/mol. The molecule has 2 rings (SSSR count). The molecule has 4 nitrogen and oxygen atoms in total. The molecule has 1 amide bonds. The van der Waals surface area contributed by atoms with Gasteiger partial charge in [-0.2, -0.15) is 0 Å². The maximum atomic E-state index is 14.0. The highest BCUT2D eigenvalue weighted by Crippen LogP contribution is 2.23.